The van der Waals surface area contributed by atoms with Crippen LogP contribution in [0.2, 0.25) is 0 Å². The van der Waals surface area contributed by atoms with Crippen LogP contribution in [0, 0.1) is 5.82 Å². The predicted octanol–water partition coefficient (Wildman–Crippen LogP) is 1.56. The number of nitrogens with two attached hydrogens (primary N) is 1. The van der Waals surface area contributed by atoms with Gasteiger partial charge in [-0.05, 0) is 25.1 Å². The number of carbonyl (C=O) groups is 1. The van der Waals surface area contributed by atoms with Gasteiger partial charge in [0.25, 0.3) is 0 Å². The maximum Gasteiger partial charge on any atom is 0.323 e. The smallest absolute Gasteiger partial charge is 0.323 e. The monoisotopic (exact) mass is 287 g/mol. The second kappa shape index (κ2) is 6.49. The number of esters is 1. The van der Waals surface area contributed by atoms with E-state index in [2.05, 4.69) is 9.97 Å². The van der Waals surface area contributed by atoms with Crippen LogP contribution in [-0.4, -0.2) is 28.6 Å². The standard InChI is InChI=1S/C12H14FN3O2.ClH/c1-2-18-12(17)8(14)6-11-15-9-4-3-7(13)5-10(9)16-11;/h3-5,8H,2,6,14H2,1H3,(H,15,16);1H/t8-;/m1./s1. The van der Waals surface area contributed by atoms with E-state index in [-0.39, 0.29) is 31.3 Å². The maximum absolute atomic E-state index is 13.0. The van der Waals surface area contributed by atoms with Gasteiger partial charge in [-0.25, -0.2) is 9.37 Å². The van der Waals surface area contributed by atoms with Crippen LogP contribution in [-0.2, 0) is 16.0 Å². The van der Waals surface area contributed by atoms with E-state index in [0.29, 0.717) is 16.9 Å². The van der Waals surface area contributed by atoms with Crippen LogP contribution in [0.1, 0.15) is 12.7 Å². The lowest BCUT2D eigenvalue weighted by molar-refractivity contribution is -0.144. The number of fused-ring (bicyclic) bond motifs is 1. The lowest BCUT2D eigenvalue weighted by atomic mass is 10.2. The molecule has 5 nitrogen and oxygen atoms in total. The summed E-state index contributed by atoms with van der Waals surface area (Å²) in [5, 5.41) is 0. The van der Waals surface area contributed by atoms with E-state index in [9.17, 15) is 9.18 Å². The van der Waals surface area contributed by atoms with Crippen molar-refractivity contribution in [2.24, 2.45) is 5.73 Å². The lowest BCUT2D eigenvalue weighted by Crippen LogP contribution is -2.34. The molecule has 0 bridgehead atoms. The topological polar surface area (TPSA) is 81.0 Å². The minimum atomic E-state index is -0.768. The van der Waals surface area contributed by atoms with Crippen molar-refractivity contribution in [2.75, 3.05) is 6.61 Å². The summed E-state index contributed by atoms with van der Waals surface area (Å²) in [6.45, 7) is 2.01. The molecule has 0 spiro atoms. The van der Waals surface area contributed by atoms with Crippen molar-refractivity contribution >= 4 is 29.4 Å². The highest BCUT2D eigenvalue weighted by Crippen LogP contribution is 2.13. The van der Waals surface area contributed by atoms with E-state index in [1.54, 1.807) is 13.0 Å². The summed E-state index contributed by atoms with van der Waals surface area (Å²) in [4.78, 5) is 18.5. The van der Waals surface area contributed by atoms with E-state index in [1.807, 2.05) is 0 Å². The summed E-state index contributed by atoms with van der Waals surface area (Å²) in [6.07, 6.45) is 0.231. The number of hydrogen-bond donors (Lipinski definition) is 2. The van der Waals surface area contributed by atoms with Gasteiger partial charge in [0.2, 0.25) is 0 Å². The average molecular weight is 288 g/mol. The first-order valence-electron chi connectivity index (χ1n) is 5.66. The van der Waals surface area contributed by atoms with Crippen molar-refractivity contribution < 1.29 is 13.9 Å². The molecule has 0 unspecified atom stereocenters. The molecule has 1 aromatic heterocycles. The fourth-order valence-corrected chi connectivity index (χ4v) is 1.67. The zero-order chi connectivity index (χ0) is 13.1. The number of nitrogens with zero attached hydrogens (tertiary/aromatic N) is 1. The van der Waals surface area contributed by atoms with Crippen LogP contribution in [0.15, 0.2) is 18.2 Å². The summed E-state index contributed by atoms with van der Waals surface area (Å²) < 4.78 is 17.8. The average Bonchev–Trinajstić information content (AvgIpc) is 2.70. The Bertz CT molecular complexity index is 573. The van der Waals surface area contributed by atoms with Gasteiger partial charge < -0.3 is 15.5 Å². The summed E-state index contributed by atoms with van der Waals surface area (Å²) in [7, 11) is 0. The highest BCUT2D eigenvalue weighted by molar-refractivity contribution is 5.85. The number of hydrogen-bond acceptors (Lipinski definition) is 4. The van der Waals surface area contributed by atoms with Gasteiger partial charge >= 0.3 is 5.97 Å². The van der Waals surface area contributed by atoms with E-state index >= 15 is 0 Å². The molecule has 3 N–H and O–H groups in total. The molecule has 19 heavy (non-hydrogen) atoms. The number of nitrogens with one attached hydrogen (secondary N) is 1. The lowest BCUT2D eigenvalue weighted by Gasteiger charge is -2.08. The molecule has 0 amide bonds. The van der Waals surface area contributed by atoms with Crippen molar-refractivity contribution in [2.45, 2.75) is 19.4 Å². The van der Waals surface area contributed by atoms with Crippen molar-refractivity contribution in [1.29, 1.82) is 0 Å². The molecule has 1 heterocycles. The van der Waals surface area contributed by atoms with E-state index in [1.165, 1.54) is 12.1 Å². The van der Waals surface area contributed by atoms with Crippen molar-refractivity contribution in [1.82, 2.24) is 9.97 Å². The molecule has 0 aliphatic rings. The van der Waals surface area contributed by atoms with Crippen molar-refractivity contribution in [3.8, 4) is 0 Å². The Morgan fingerprint density at radius 2 is 2.32 bits per heavy atom. The Balaban J connectivity index is 0.00000180. The molecule has 0 fully saturated rings. The molecule has 1 aromatic carbocycles. The van der Waals surface area contributed by atoms with Gasteiger partial charge in [0.1, 0.15) is 17.7 Å². The maximum atomic E-state index is 13.0. The number of carbonyl (C=O) groups excluding carboxylic acids is 1. The van der Waals surface area contributed by atoms with Crippen LogP contribution in [0.5, 0.6) is 0 Å². The van der Waals surface area contributed by atoms with E-state index in [0.717, 1.165) is 0 Å². The number of aromatic amines is 1. The number of benzene rings is 1. The zero-order valence-electron chi connectivity index (χ0n) is 10.4. The highest BCUT2D eigenvalue weighted by Gasteiger charge is 2.17. The van der Waals surface area contributed by atoms with Gasteiger partial charge in [-0.15, -0.1) is 12.4 Å². The third-order valence-corrected chi connectivity index (χ3v) is 2.50. The molecule has 1 atom stereocenters. The molecule has 2 rings (SSSR count). The quantitative estimate of drug-likeness (QED) is 0.836. The number of ether oxygens (including phenoxy) is 1. The molecule has 0 saturated carbocycles. The molecule has 2 aromatic rings. The summed E-state index contributed by atoms with van der Waals surface area (Å²) >= 11 is 0. The number of aromatic nitrogens is 2. The zero-order valence-corrected chi connectivity index (χ0v) is 11.2. The SMILES string of the molecule is CCOC(=O)[C@H](N)Cc1nc2ccc(F)cc2[nH]1.Cl. The van der Waals surface area contributed by atoms with Gasteiger partial charge in [-0.2, -0.15) is 0 Å². The fraction of sp³-hybridized carbons (Fsp3) is 0.333. The Kier molecular flexibility index (Phi) is 5.26. The van der Waals surface area contributed by atoms with E-state index < -0.39 is 12.0 Å². The molecular weight excluding hydrogens is 273 g/mol. The first-order chi connectivity index (χ1) is 8.60. The number of H-pyrrole nitrogens is 1. The van der Waals surface area contributed by atoms with Crippen LogP contribution < -0.4 is 5.73 Å². The Morgan fingerprint density at radius 1 is 1.58 bits per heavy atom. The first-order valence-corrected chi connectivity index (χ1v) is 5.66. The third-order valence-electron chi connectivity index (χ3n) is 2.50. The van der Waals surface area contributed by atoms with Gasteiger partial charge in [-0.3, -0.25) is 4.79 Å². The van der Waals surface area contributed by atoms with E-state index in [4.69, 9.17) is 10.5 Å². The molecule has 7 heteroatoms. The molecule has 0 aliphatic heterocycles. The van der Waals surface area contributed by atoms with Gasteiger partial charge in [0, 0.05) is 6.42 Å². The second-order valence-electron chi connectivity index (χ2n) is 3.91. The van der Waals surface area contributed by atoms with Gasteiger partial charge in [0.05, 0.1) is 17.6 Å². The number of imidazole rings is 1. The van der Waals surface area contributed by atoms with Crippen molar-refractivity contribution in [3.63, 3.8) is 0 Å². The molecule has 0 aliphatic carbocycles. The fourth-order valence-electron chi connectivity index (χ4n) is 1.67. The Morgan fingerprint density at radius 3 is 3.00 bits per heavy atom. The van der Waals surface area contributed by atoms with Crippen LogP contribution in [0.3, 0.4) is 0 Å². The van der Waals surface area contributed by atoms with Crippen LogP contribution in [0.4, 0.5) is 4.39 Å². The summed E-state index contributed by atoms with van der Waals surface area (Å²) in [6, 6.07) is 3.48. The largest absolute Gasteiger partial charge is 0.465 e. The van der Waals surface area contributed by atoms with Crippen molar-refractivity contribution in [3.05, 3.63) is 29.8 Å². The Labute approximate surface area is 115 Å². The molecular formula is C12H15ClFN3O2. The number of halogens is 2. The number of rotatable bonds is 4. The normalized spacial score (nSPS) is 11.9. The molecule has 104 valence electrons. The minimum absolute atomic E-state index is 0. The summed E-state index contributed by atoms with van der Waals surface area (Å²) in [5.74, 6) is -0.271. The van der Waals surface area contributed by atoms with Gasteiger partial charge in [0.15, 0.2) is 0 Å². The Hall–Kier alpha value is -1.66. The van der Waals surface area contributed by atoms with Gasteiger partial charge in [-0.1, -0.05) is 0 Å². The van der Waals surface area contributed by atoms with Crippen LogP contribution >= 0.6 is 12.4 Å². The second-order valence-corrected chi connectivity index (χ2v) is 3.91. The summed E-state index contributed by atoms with van der Waals surface area (Å²) in [5.41, 5.74) is 6.90. The third kappa shape index (κ3) is 3.65. The first kappa shape index (κ1) is 15.4. The van der Waals surface area contributed by atoms with Crippen LogP contribution in [0.25, 0.3) is 11.0 Å². The highest BCUT2D eigenvalue weighted by atomic mass is 35.5. The minimum Gasteiger partial charge on any atom is -0.465 e. The molecule has 0 radical (unpaired) electrons. The predicted molar refractivity (Wildman–Crippen MR) is 71.6 cm³/mol. The molecule has 0 saturated heterocycles.